The SMILES string of the molecule is COC(=O)CC(=O)N(C)c1ccc(C)c(C)c1. The third-order valence-electron chi connectivity index (χ3n) is 2.78. The first-order valence-corrected chi connectivity index (χ1v) is 5.36. The summed E-state index contributed by atoms with van der Waals surface area (Å²) in [5.41, 5.74) is 3.06. The zero-order valence-corrected chi connectivity index (χ0v) is 10.6. The van der Waals surface area contributed by atoms with Gasteiger partial charge in [-0.3, -0.25) is 9.59 Å². The lowest BCUT2D eigenvalue weighted by Crippen LogP contribution is -2.28. The molecule has 0 saturated carbocycles. The maximum Gasteiger partial charge on any atom is 0.315 e. The van der Waals surface area contributed by atoms with Gasteiger partial charge in [0.2, 0.25) is 5.91 Å². The Hall–Kier alpha value is -1.84. The van der Waals surface area contributed by atoms with Gasteiger partial charge in [0.15, 0.2) is 0 Å². The first-order chi connectivity index (χ1) is 7.95. The molecule has 1 aromatic carbocycles. The monoisotopic (exact) mass is 235 g/mol. The molecule has 0 aromatic heterocycles. The van der Waals surface area contributed by atoms with E-state index in [1.165, 1.54) is 17.6 Å². The van der Waals surface area contributed by atoms with Crippen molar-refractivity contribution in [2.24, 2.45) is 0 Å². The number of hydrogen-bond donors (Lipinski definition) is 0. The topological polar surface area (TPSA) is 46.6 Å². The number of ether oxygens (including phenoxy) is 1. The van der Waals surface area contributed by atoms with Crippen molar-refractivity contribution in [3.8, 4) is 0 Å². The van der Waals surface area contributed by atoms with Crippen LogP contribution in [0.3, 0.4) is 0 Å². The Morgan fingerprint density at radius 2 is 1.88 bits per heavy atom. The zero-order valence-electron chi connectivity index (χ0n) is 10.6. The number of amides is 1. The molecule has 0 fully saturated rings. The number of methoxy groups -OCH3 is 1. The van der Waals surface area contributed by atoms with Gasteiger partial charge in [-0.2, -0.15) is 0 Å². The van der Waals surface area contributed by atoms with Crippen molar-refractivity contribution in [1.29, 1.82) is 0 Å². The van der Waals surface area contributed by atoms with Gasteiger partial charge in [-0.05, 0) is 37.1 Å². The molecule has 0 radical (unpaired) electrons. The Morgan fingerprint density at radius 1 is 1.24 bits per heavy atom. The number of benzene rings is 1. The number of carbonyl (C=O) groups is 2. The molecule has 1 amide bonds. The molecule has 0 heterocycles. The summed E-state index contributed by atoms with van der Waals surface area (Å²) in [6.45, 7) is 3.99. The molecule has 1 rings (SSSR count). The Morgan fingerprint density at radius 3 is 2.41 bits per heavy atom. The van der Waals surface area contributed by atoms with Gasteiger partial charge in [-0.15, -0.1) is 0 Å². The quantitative estimate of drug-likeness (QED) is 0.593. The van der Waals surface area contributed by atoms with Crippen molar-refractivity contribution in [2.75, 3.05) is 19.1 Å². The second-order valence-electron chi connectivity index (χ2n) is 3.97. The molecule has 0 atom stereocenters. The van der Waals surface area contributed by atoms with Gasteiger partial charge in [-0.1, -0.05) is 6.07 Å². The molecule has 4 nitrogen and oxygen atoms in total. The third-order valence-corrected chi connectivity index (χ3v) is 2.78. The lowest BCUT2D eigenvalue weighted by atomic mass is 10.1. The number of hydrogen-bond acceptors (Lipinski definition) is 3. The van der Waals surface area contributed by atoms with Gasteiger partial charge in [0.25, 0.3) is 0 Å². The number of rotatable bonds is 3. The van der Waals surface area contributed by atoms with Crippen molar-refractivity contribution in [1.82, 2.24) is 0 Å². The van der Waals surface area contributed by atoms with Gasteiger partial charge in [0, 0.05) is 12.7 Å². The first kappa shape index (κ1) is 13.2. The van der Waals surface area contributed by atoms with E-state index in [9.17, 15) is 9.59 Å². The summed E-state index contributed by atoms with van der Waals surface area (Å²) < 4.78 is 4.46. The van der Waals surface area contributed by atoms with E-state index in [1.54, 1.807) is 7.05 Å². The second kappa shape index (κ2) is 5.48. The molecule has 0 aliphatic carbocycles. The lowest BCUT2D eigenvalue weighted by Gasteiger charge is -2.17. The summed E-state index contributed by atoms with van der Waals surface area (Å²) in [7, 11) is 2.92. The van der Waals surface area contributed by atoms with E-state index >= 15 is 0 Å². The van der Waals surface area contributed by atoms with Gasteiger partial charge in [0.05, 0.1) is 7.11 Å². The second-order valence-corrected chi connectivity index (χ2v) is 3.97. The molecule has 0 unspecified atom stereocenters. The van der Waals surface area contributed by atoms with Crippen molar-refractivity contribution < 1.29 is 14.3 Å². The highest BCUT2D eigenvalue weighted by molar-refractivity contribution is 6.03. The molecule has 0 saturated heterocycles. The van der Waals surface area contributed by atoms with Crippen LogP contribution in [0, 0.1) is 13.8 Å². The minimum atomic E-state index is -0.523. The van der Waals surface area contributed by atoms with E-state index in [1.807, 2.05) is 32.0 Å². The highest BCUT2D eigenvalue weighted by Crippen LogP contribution is 2.18. The predicted octanol–water partition coefficient (Wildman–Crippen LogP) is 1.83. The number of carbonyl (C=O) groups excluding carboxylic acids is 2. The summed E-state index contributed by atoms with van der Waals surface area (Å²) in [5, 5.41) is 0. The molecule has 1 aromatic rings. The highest BCUT2D eigenvalue weighted by atomic mass is 16.5. The van der Waals surface area contributed by atoms with E-state index in [2.05, 4.69) is 4.74 Å². The normalized spacial score (nSPS) is 9.88. The van der Waals surface area contributed by atoms with Crippen molar-refractivity contribution in [3.63, 3.8) is 0 Å². The van der Waals surface area contributed by atoms with E-state index in [-0.39, 0.29) is 12.3 Å². The van der Waals surface area contributed by atoms with Crippen LogP contribution in [0.15, 0.2) is 18.2 Å². The van der Waals surface area contributed by atoms with Crippen LogP contribution >= 0.6 is 0 Å². The molecule has 17 heavy (non-hydrogen) atoms. The van der Waals surface area contributed by atoms with Crippen LogP contribution in [0.1, 0.15) is 17.5 Å². The summed E-state index contributed by atoms with van der Waals surface area (Å²) in [6.07, 6.45) is -0.236. The fraction of sp³-hybridized carbons (Fsp3) is 0.385. The molecule has 0 aliphatic heterocycles. The van der Waals surface area contributed by atoms with Crippen molar-refractivity contribution in [2.45, 2.75) is 20.3 Å². The van der Waals surface area contributed by atoms with E-state index in [0.717, 1.165) is 11.3 Å². The Bertz CT molecular complexity index is 440. The average molecular weight is 235 g/mol. The molecule has 4 heteroatoms. The first-order valence-electron chi connectivity index (χ1n) is 5.36. The maximum absolute atomic E-state index is 11.7. The minimum absolute atomic E-state index is 0.236. The maximum atomic E-state index is 11.7. The van der Waals surface area contributed by atoms with Gasteiger partial charge in [0.1, 0.15) is 6.42 Å². The van der Waals surface area contributed by atoms with E-state index in [0.29, 0.717) is 0 Å². The average Bonchev–Trinajstić information content (AvgIpc) is 2.31. The van der Waals surface area contributed by atoms with Crippen LogP contribution in [-0.4, -0.2) is 26.0 Å². The summed E-state index contributed by atoms with van der Waals surface area (Å²) >= 11 is 0. The van der Waals surface area contributed by atoms with Crippen LogP contribution in [0.5, 0.6) is 0 Å². The molecular formula is C13H17NO3. The smallest absolute Gasteiger partial charge is 0.315 e. The standard InChI is InChI=1S/C13H17NO3/c1-9-5-6-11(7-10(9)2)14(3)12(15)8-13(16)17-4/h5-7H,8H2,1-4H3. The molecule has 0 bridgehead atoms. The largest absolute Gasteiger partial charge is 0.469 e. The van der Waals surface area contributed by atoms with E-state index < -0.39 is 5.97 Å². The van der Waals surface area contributed by atoms with Crippen molar-refractivity contribution >= 4 is 17.6 Å². The van der Waals surface area contributed by atoms with Crippen molar-refractivity contribution in [3.05, 3.63) is 29.3 Å². The van der Waals surface area contributed by atoms with E-state index in [4.69, 9.17) is 0 Å². The van der Waals surface area contributed by atoms with Gasteiger partial charge in [-0.25, -0.2) is 0 Å². The van der Waals surface area contributed by atoms with Gasteiger partial charge >= 0.3 is 5.97 Å². The molecular weight excluding hydrogens is 218 g/mol. The lowest BCUT2D eigenvalue weighted by molar-refractivity contribution is -0.143. The molecule has 0 aliphatic rings. The fourth-order valence-corrected chi connectivity index (χ4v) is 1.39. The summed E-state index contributed by atoms with van der Waals surface area (Å²) in [6, 6.07) is 5.73. The molecule has 0 spiro atoms. The summed E-state index contributed by atoms with van der Waals surface area (Å²) in [4.78, 5) is 24.2. The number of esters is 1. The predicted molar refractivity (Wildman–Crippen MR) is 66.0 cm³/mol. The number of anilines is 1. The van der Waals surface area contributed by atoms with Crippen LogP contribution in [-0.2, 0) is 14.3 Å². The van der Waals surface area contributed by atoms with Crippen LogP contribution < -0.4 is 4.90 Å². The highest BCUT2D eigenvalue weighted by Gasteiger charge is 2.15. The van der Waals surface area contributed by atoms with Gasteiger partial charge < -0.3 is 9.64 Å². The number of nitrogens with zero attached hydrogens (tertiary/aromatic N) is 1. The minimum Gasteiger partial charge on any atom is -0.469 e. The Labute approximate surface area is 101 Å². The third kappa shape index (κ3) is 3.31. The Kier molecular flexibility index (Phi) is 4.26. The van der Waals surface area contributed by atoms with Crippen LogP contribution in [0.2, 0.25) is 0 Å². The Balaban J connectivity index is 2.81. The van der Waals surface area contributed by atoms with Crippen LogP contribution in [0.4, 0.5) is 5.69 Å². The van der Waals surface area contributed by atoms with Crippen LogP contribution in [0.25, 0.3) is 0 Å². The fourth-order valence-electron chi connectivity index (χ4n) is 1.39. The number of aryl methyl sites for hydroxylation is 2. The molecule has 0 N–H and O–H groups in total. The summed E-state index contributed by atoms with van der Waals surface area (Å²) in [5.74, 6) is -0.800. The molecule has 92 valence electrons. The zero-order chi connectivity index (χ0) is 13.0.